The summed E-state index contributed by atoms with van der Waals surface area (Å²) in [6, 6.07) is 7.57. The molecule has 0 saturated heterocycles. The molecule has 1 rings (SSSR count). The van der Waals surface area contributed by atoms with E-state index in [1.807, 2.05) is 18.2 Å². The summed E-state index contributed by atoms with van der Waals surface area (Å²) in [5, 5.41) is 5.25. The molecule has 1 aromatic carbocycles. The van der Waals surface area contributed by atoms with Crippen molar-refractivity contribution in [3.8, 4) is 0 Å². The van der Waals surface area contributed by atoms with Gasteiger partial charge in [-0.25, -0.2) is 0 Å². The molecule has 0 unspecified atom stereocenters. The van der Waals surface area contributed by atoms with E-state index in [0.29, 0.717) is 10.8 Å². The number of benzene rings is 1. The molecule has 0 bridgehead atoms. The van der Waals surface area contributed by atoms with Crippen molar-refractivity contribution in [2.24, 2.45) is 5.14 Å². The molecule has 0 aromatic heterocycles. The van der Waals surface area contributed by atoms with Gasteiger partial charge in [0.05, 0.1) is 11.4 Å². The summed E-state index contributed by atoms with van der Waals surface area (Å²) in [6.45, 7) is 4.19. The van der Waals surface area contributed by atoms with Crippen molar-refractivity contribution in [1.29, 1.82) is 0 Å². The van der Waals surface area contributed by atoms with Crippen molar-refractivity contribution in [3.63, 3.8) is 0 Å². The molecule has 2 N–H and O–H groups in total. The van der Waals surface area contributed by atoms with Crippen LogP contribution >= 0.6 is 0 Å². The highest BCUT2D eigenvalue weighted by atomic mass is 32.2. The Labute approximate surface area is 76.1 Å². The second-order valence-electron chi connectivity index (χ2n) is 3.02. The third kappa shape index (κ3) is 2.24. The summed E-state index contributed by atoms with van der Waals surface area (Å²) in [6.07, 6.45) is 0. The van der Waals surface area contributed by atoms with Gasteiger partial charge in [0, 0.05) is 0 Å². The molecule has 0 radical (unpaired) electrons. The van der Waals surface area contributed by atoms with Gasteiger partial charge in [0.25, 0.3) is 0 Å². The van der Waals surface area contributed by atoms with Crippen molar-refractivity contribution in [2.75, 3.05) is 0 Å². The molecule has 3 heteroatoms. The molecule has 12 heavy (non-hydrogen) atoms. The largest absolute Gasteiger partial charge is 0.593 e. The van der Waals surface area contributed by atoms with Gasteiger partial charge >= 0.3 is 0 Å². The summed E-state index contributed by atoms with van der Waals surface area (Å²) in [5.41, 5.74) is 1.17. The molecular weight excluding hydrogens is 170 g/mol. The molecule has 0 saturated carbocycles. The first-order chi connectivity index (χ1) is 5.61. The van der Waals surface area contributed by atoms with Crippen molar-refractivity contribution in [2.45, 2.75) is 24.7 Å². The molecule has 0 amide bonds. The fourth-order valence-corrected chi connectivity index (χ4v) is 1.46. The van der Waals surface area contributed by atoms with E-state index in [1.165, 1.54) is 5.56 Å². The minimum absolute atomic E-state index is 0.452. The van der Waals surface area contributed by atoms with Crippen LogP contribution in [0.5, 0.6) is 0 Å². The van der Waals surface area contributed by atoms with Crippen molar-refractivity contribution < 1.29 is 4.55 Å². The van der Waals surface area contributed by atoms with Gasteiger partial charge in [-0.2, -0.15) is 0 Å². The SMILES string of the molecule is CC(C)c1cccc([S@+](N)[O-])c1. The lowest BCUT2D eigenvalue weighted by atomic mass is 10.0. The normalized spacial score (nSPS) is 13.4. The maximum absolute atomic E-state index is 10.9. The first-order valence-corrected chi connectivity index (χ1v) is 5.08. The minimum Gasteiger partial charge on any atom is -0.593 e. The zero-order valence-corrected chi connectivity index (χ0v) is 8.10. The molecule has 0 heterocycles. The van der Waals surface area contributed by atoms with Crippen LogP contribution in [0.15, 0.2) is 29.2 Å². The second kappa shape index (κ2) is 3.94. The fourth-order valence-electron chi connectivity index (χ4n) is 0.999. The van der Waals surface area contributed by atoms with Gasteiger partial charge in [-0.1, -0.05) is 26.0 Å². The highest BCUT2D eigenvalue weighted by Crippen LogP contribution is 2.17. The summed E-state index contributed by atoms with van der Waals surface area (Å²) in [7, 11) is 0. The van der Waals surface area contributed by atoms with Crippen molar-refractivity contribution in [1.82, 2.24) is 0 Å². The lowest BCUT2D eigenvalue weighted by Crippen LogP contribution is -2.12. The van der Waals surface area contributed by atoms with E-state index < -0.39 is 11.4 Å². The van der Waals surface area contributed by atoms with Gasteiger partial charge in [-0.05, 0) is 23.6 Å². The van der Waals surface area contributed by atoms with Crippen molar-refractivity contribution >= 4 is 11.4 Å². The number of rotatable bonds is 2. The Morgan fingerprint density at radius 3 is 2.58 bits per heavy atom. The smallest absolute Gasteiger partial charge is 0.173 e. The Morgan fingerprint density at radius 2 is 2.08 bits per heavy atom. The summed E-state index contributed by atoms with van der Waals surface area (Å²) >= 11 is -1.36. The first kappa shape index (κ1) is 9.58. The van der Waals surface area contributed by atoms with Gasteiger partial charge in [0.2, 0.25) is 0 Å². The molecule has 1 aromatic rings. The highest BCUT2D eigenvalue weighted by molar-refractivity contribution is 7.89. The number of nitrogens with two attached hydrogens (primary N) is 1. The predicted octanol–water partition coefficient (Wildman–Crippen LogP) is 1.79. The zero-order valence-electron chi connectivity index (χ0n) is 7.28. The number of hydrogen-bond acceptors (Lipinski definition) is 2. The van der Waals surface area contributed by atoms with Crippen LogP contribution in [0.1, 0.15) is 25.3 Å². The molecule has 0 aliphatic rings. The van der Waals surface area contributed by atoms with Gasteiger partial charge < -0.3 is 4.55 Å². The average molecular weight is 183 g/mol. The van der Waals surface area contributed by atoms with Gasteiger partial charge in [-0.3, -0.25) is 0 Å². The molecule has 0 aliphatic heterocycles. The Kier molecular flexibility index (Phi) is 3.14. The molecule has 0 aliphatic carbocycles. The lowest BCUT2D eigenvalue weighted by Gasteiger charge is -2.07. The maximum atomic E-state index is 10.9. The van der Waals surface area contributed by atoms with E-state index in [2.05, 4.69) is 13.8 Å². The summed E-state index contributed by atoms with van der Waals surface area (Å²) in [4.78, 5) is 0.696. The molecule has 2 nitrogen and oxygen atoms in total. The molecule has 66 valence electrons. The van der Waals surface area contributed by atoms with Crippen LogP contribution in [0.25, 0.3) is 0 Å². The van der Waals surface area contributed by atoms with E-state index in [-0.39, 0.29) is 0 Å². The van der Waals surface area contributed by atoms with Crippen LogP contribution in [0.2, 0.25) is 0 Å². The van der Waals surface area contributed by atoms with Gasteiger partial charge in [0.15, 0.2) is 4.90 Å². The third-order valence-electron chi connectivity index (χ3n) is 1.76. The average Bonchev–Trinajstić information content (AvgIpc) is 2.04. The van der Waals surface area contributed by atoms with Crippen LogP contribution < -0.4 is 5.14 Å². The Hall–Kier alpha value is -0.510. The Balaban J connectivity index is 2.96. The van der Waals surface area contributed by atoms with E-state index in [9.17, 15) is 4.55 Å². The van der Waals surface area contributed by atoms with Gasteiger partial charge in [-0.15, -0.1) is 5.14 Å². The number of hydrogen-bond donors (Lipinski definition) is 1. The quantitative estimate of drug-likeness (QED) is 0.711. The molecule has 1 atom stereocenters. The van der Waals surface area contributed by atoms with Crippen LogP contribution in [-0.4, -0.2) is 4.55 Å². The monoisotopic (exact) mass is 183 g/mol. The van der Waals surface area contributed by atoms with E-state index in [1.54, 1.807) is 6.07 Å². The standard InChI is InChI=1S/C9H13NOS/c1-7(2)8-4-3-5-9(6-8)12(10)11/h3-7H,10H2,1-2H3/t12-/m1/s1. The Bertz CT molecular complexity index is 237. The van der Waals surface area contributed by atoms with E-state index >= 15 is 0 Å². The van der Waals surface area contributed by atoms with E-state index in [0.717, 1.165) is 0 Å². The van der Waals surface area contributed by atoms with Crippen LogP contribution in [-0.2, 0) is 11.4 Å². The predicted molar refractivity (Wildman–Crippen MR) is 51.1 cm³/mol. The Morgan fingerprint density at radius 1 is 1.42 bits per heavy atom. The van der Waals surface area contributed by atoms with Gasteiger partial charge in [0.1, 0.15) is 0 Å². The summed E-state index contributed by atoms with van der Waals surface area (Å²) < 4.78 is 10.9. The minimum atomic E-state index is -1.36. The van der Waals surface area contributed by atoms with Crippen molar-refractivity contribution in [3.05, 3.63) is 29.8 Å². The third-order valence-corrected chi connectivity index (χ3v) is 2.48. The molecule has 0 fully saturated rings. The highest BCUT2D eigenvalue weighted by Gasteiger charge is 2.07. The zero-order chi connectivity index (χ0) is 9.14. The lowest BCUT2D eigenvalue weighted by molar-refractivity contribution is 0.596. The topological polar surface area (TPSA) is 49.1 Å². The van der Waals surface area contributed by atoms with Crippen LogP contribution in [0, 0.1) is 0 Å². The maximum Gasteiger partial charge on any atom is 0.173 e. The molecule has 0 spiro atoms. The summed E-state index contributed by atoms with van der Waals surface area (Å²) in [5.74, 6) is 0.452. The first-order valence-electron chi connectivity index (χ1n) is 3.87. The molecular formula is C9H13NOS. The second-order valence-corrected chi connectivity index (χ2v) is 4.09. The van der Waals surface area contributed by atoms with E-state index in [4.69, 9.17) is 5.14 Å². The van der Waals surface area contributed by atoms with Crippen LogP contribution in [0.4, 0.5) is 0 Å². The van der Waals surface area contributed by atoms with Crippen LogP contribution in [0.3, 0.4) is 0 Å². The fraction of sp³-hybridized carbons (Fsp3) is 0.333.